The zero-order valence-electron chi connectivity index (χ0n) is 17.0. The highest BCUT2D eigenvalue weighted by Gasteiger charge is 2.18. The normalized spacial score (nSPS) is 13.2. The maximum Gasteiger partial charge on any atom is 0.137 e. The Bertz CT molecular complexity index is 820. The number of para-hydroxylation sites is 1. The van der Waals surface area contributed by atoms with Crippen LogP contribution in [0.15, 0.2) is 79.0 Å². The van der Waals surface area contributed by atoms with E-state index in [1.54, 1.807) is 7.11 Å². The molecule has 1 aromatic heterocycles. The van der Waals surface area contributed by atoms with E-state index in [2.05, 4.69) is 47.2 Å². The van der Waals surface area contributed by atoms with Crippen LogP contribution in [0, 0.1) is 0 Å². The number of aliphatic hydroxyl groups is 1. The van der Waals surface area contributed by atoms with E-state index in [0.717, 1.165) is 25.4 Å². The van der Waals surface area contributed by atoms with Crippen molar-refractivity contribution < 1.29 is 19.5 Å². The summed E-state index contributed by atoms with van der Waals surface area (Å²) in [5.41, 5.74) is 2.52. The average molecular weight is 396 g/mol. The monoisotopic (exact) mass is 395 g/mol. The van der Waals surface area contributed by atoms with Gasteiger partial charge in [0.15, 0.2) is 0 Å². The predicted molar refractivity (Wildman–Crippen MR) is 114 cm³/mol. The standard InChI is InChI=1S/C24H30N2O3/c1-28-16-15-25(19-23(27)20-29-24-12-6-3-7-13-24)18-22-11-8-14-26(22)17-21-9-4-2-5-10-21/h2-14,23,27H,15-20H2,1H3/p+1/t23-/m0/s1. The van der Waals surface area contributed by atoms with Crippen LogP contribution in [0.25, 0.3) is 0 Å². The third-order valence-corrected chi connectivity index (χ3v) is 4.92. The fraction of sp³-hybridized carbons (Fsp3) is 0.333. The maximum absolute atomic E-state index is 10.5. The number of benzene rings is 2. The molecule has 3 aromatic rings. The molecule has 1 heterocycles. The summed E-state index contributed by atoms with van der Waals surface area (Å²) in [5, 5.41) is 10.5. The Hall–Kier alpha value is -2.60. The lowest BCUT2D eigenvalue weighted by Crippen LogP contribution is -3.12. The number of aromatic nitrogens is 1. The third kappa shape index (κ3) is 7.06. The summed E-state index contributed by atoms with van der Waals surface area (Å²) in [5.74, 6) is 0.779. The van der Waals surface area contributed by atoms with Gasteiger partial charge < -0.3 is 24.0 Å². The molecule has 3 rings (SSSR count). The predicted octanol–water partition coefficient (Wildman–Crippen LogP) is 2.01. The summed E-state index contributed by atoms with van der Waals surface area (Å²) < 4.78 is 13.3. The molecule has 0 bridgehead atoms. The molecule has 2 aromatic carbocycles. The van der Waals surface area contributed by atoms with Gasteiger partial charge in [0.25, 0.3) is 0 Å². The van der Waals surface area contributed by atoms with E-state index in [1.807, 2.05) is 36.4 Å². The lowest BCUT2D eigenvalue weighted by atomic mass is 10.2. The summed E-state index contributed by atoms with van der Waals surface area (Å²) in [6.45, 7) is 4.04. The summed E-state index contributed by atoms with van der Waals surface area (Å²) in [6, 6.07) is 24.3. The van der Waals surface area contributed by atoms with E-state index in [-0.39, 0.29) is 6.61 Å². The fourth-order valence-electron chi connectivity index (χ4n) is 3.41. The maximum atomic E-state index is 10.5. The number of ether oxygens (including phenoxy) is 2. The SMILES string of the molecule is COCC[NH+](Cc1cccn1Cc1ccccc1)C[C@H](O)COc1ccccc1. The van der Waals surface area contributed by atoms with Crippen LogP contribution in [0.2, 0.25) is 0 Å². The van der Waals surface area contributed by atoms with E-state index < -0.39 is 6.10 Å². The van der Waals surface area contributed by atoms with E-state index >= 15 is 0 Å². The van der Waals surface area contributed by atoms with Gasteiger partial charge in [0, 0.05) is 19.9 Å². The molecule has 5 heteroatoms. The summed E-state index contributed by atoms with van der Waals surface area (Å²) in [4.78, 5) is 1.27. The highest BCUT2D eigenvalue weighted by molar-refractivity contribution is 5.21. The highest BCUT2D eigenvalue weighted by Crippen LogP contribution is 2.09. The van der Waals surface area contributed by atoms with Crippen LogP contribution in [0.4, 0.5) is 0 Å². The van der Waals surface area contributed by atoms with Crippen LogP contribution >= 0.6 is 0 Å². The Morgan fingerprint density at radius 2 is 1.69 bits per heavy atom. The van der Waals surface area contributed by atoms with Crippen molar-refractivity contribution in [2.24, 2.45) is 0 Å². The number of rotatable bonds is 12. The minimum absolute atomic E-state index is 0.283. The van der Waals surface area contributed by atoms with Crippen molar-refractivity contribution in [3.8, 4) is 5.75 Å². The van der Waals surface area contributed by atoms with Gasteiger partial charge in [0.05, 0.1) is 12.3 Å². The minimum atomic E-state index is -0.542. The van der Waals surface area contributed by atoms with Crippen molar-refractivity contribution in [1.29, 1.82) is 0 Å². The van der Waals surface area contributed by atoms with Gasteiger partial charge >= 0.3 is 0 Å². The average Bonchev–Trinajstić information content (AvgIpc) is 3.18. The first kappa shape index (κ1) is 21.1. The number of nitrogens with zero attached hydrogens (tertiary/aromatic N) is 1. The molecule has 2 atom stereocenters. The molecule has 5 nitrogen and oxygen atoms in total. The largest absolute Gasteiger partial charge is 0.491 e. The number of aliphatic hydroxyl groups excluding tert-OH is 1. The van der Waals surface area contributed by atoms with Crippen molar-refractivity contribution in [3.63, 3.8) is 0 Å². The molecule has 0 aliphatic heterocycles. The van der Waals surface area contributed by atoms with Crippen molar-refractivity contribution >= 4 is 0 Å². The Kier molecular flexibility index (Phi) is 8.31. The Labute approximate surface area is 173 Å². The molecule has 0 aliphatic carbocycles. The van der Waals surface area contributed by atoms with Gasteiger partial charge in [-0.15, -0.1) is 0 Å². The number of hydrogen-bond donors (Lipinski definition) is 2. The molecule has 1 unspecified atom stereocenters. The van der Waals surface area contributed by atoms with Gasteiger partial charge in [0.1, 0.15) is 38.1 Å². The third-order valence-electron chi connectivity index (χ3n) is 4.92. The lowest BCUT2D eigenvalue weighted by Gasteiger charge is -2.23. The molecule has 0 saturated heterocycles. The summed E-state index contributed by atoms with van der Waals surface area (Å²) in [7, 11) is 1.71. The van der Waals surface area contributed by atoms with Crippen LogP contribution in [0.3, 0.4) is 0 Å². The molecule has 0 amide bonds. The molecule has 154 valence electrons. The van der Waals surface area contributed by atoms with Gasteiger partial charge in [0.2, 0.25) is 0 Å². The summed E-state index contributed by atoms with van der Waals surface area (Å²) >= 11 is 0. The minimum Gasteiger partial charge on any atom is -0.491 e. The van der Waals surface area contributed by atoms with Gasteiger partial charge in [-0.05, 0) is 29.8 Å². The van der Waals surface area contributed by atoms with Crippen molar-refractivity contribution in [3.05, 3.63) is 90.3 Å². The molecule has 0 fully saturated rings. The topological polar surface area (TPSA) is 48.1 Å². The molecule has 0 spiro atoms. The second-order valence-electron chi connectivity index (χ2n) is 7.26. The quantitative estimate of drug-likeness (QED) is 0.493. The van der Waals surface area contributed by atoms with Gasteiger partial charge in [-0.2, -0.15) is 0 Å². The van der Waals surface area contributed by atoms with Crippen molar-refractivity contribution in [2.75, 3.05) is 33.4 Å². The van der Waals surface area contributed by atoms with Crippen molar-refractivity contribution in [2.45, 2.75) is 19.2 Å². The molecular weight excluding hydrogens is 364 g/mol. The number of methoxy groups -OCH3 is 1. The van der Waals surface area contributed by atoms with Crippen LogP contribution < -0.4 is 9.64 Å². The fourth-order valence-corrected chi connectivity index (χ4v) is 3.41. The molecule has 0 aliphatic rings. The first-order chi connectivity index (χ1) is 14.2. The zero-order valence-corrected chi connectivity index (χ0v) is 17.0. The Balaban J connectivity index is 1.58. The Morgan fingerprint density at radius 3 is 2.41 bits per heavy atom. The second kappa shape index (κ2) is 11.4. The van der Waals surface area contributed by atoms with Gasteiger partial charge in [-0.3, -0.25) is 0 Å². The van der Waals surface area contributed by atoms with Crippen LogP contribution in [-0.2, 0) is 17.8 Å². The van der Waals surface area contributed by atoms with Crippen LogP contribution in [0.5, 0.6) is 5.75 Å². The number of nitrogens with one attached hydrogen (secondary N) is 1. The molecule has 29 heavy (non-hydrogen) atoms. The number of quaternary nitrogens is 1. The first-order valence-electron chi connectivity index (χ1n) is 10.1. The lowest BCUT2D eigenvalue weighted by molar-refractivity contribution is -0.917. The van der Waals surface area contributed by atoms with E-state index in [1.165, 1.54) is 16.2 Å². The van der Waals surface area contributed by atoms with E-state index in [9.17, 15) is 5.11 Å². The molecule has 2 N–H and O–H groups in total. The smallest absolute Gasteiger partial charge is 0.137 e. The number of hydrogen-bond acceptors (Lipinski definition) is 3. The van der Waals surface area contributed by atoms with Crippen LogP contribution in [0.1, 0.15) is 11.3 Å². The van der Waals surface area contributed by atoms with E-state index in [0.29, 0.717) is 13.2 Å². The summed E-state index contributed by atoms with van der Waals surface area (Å²) in [6.07, 6.45) is 1.57. The van der Waals surface area contributed by atoms with Gasteiger partial charge in [-0.1, -0.05) is 48.5 Å². The second-order valence-corrected chi connectivity index (χ2v) is 7.26. The highest BCUT2D eigenvalue weighted by atomic mass is 16.5. The van der Waals surface area contributed by atoms with Crippen molar-refractivity contribution in [1.82, 2.24) is 4.57 Å². The first-order valence-corrected chi connectivity index (χ1v) is 10.1. The zero-order chi connectivity index (χ0) is 20.3. The van der Waals surface area contributed by atoms with Crippen LogP contribution in [-0.4, -0.2) is 49.2 Å². The molecule has 0 radical (unpaired) electrons. The molecule has 0 saturated carbocycles. The van der Waals surface area contributed by atoms with E-state index in [4.69, 9.17) is 9.47 Å². The molecular formula is C24H31N2O3+. The Morgan fingerprint density at radius 1 is 0.966 bits per heavy atom. The van der Waals surface area contributed by atoms with Gasteiger partial charge in [-0.25, -0.2) is 0 Å².